The number of phenols is 1. The molecule has 26 heavy (non-hydrogen) atoms. The van der Waals surface area contributed by atoms with Gasteiger partial charge in [0.1, 0.15) is 0 Å². The number of carbonyl (C=O) groups is 2. The van der Waals surface area contributed by atoms with Crippen LogP contribution in [0.2, 0.25) is 0 Å². The highest BCUT2D eigenvalue weighted by Crippen LogP contribution is 2.29. The van der Waals surface area contributed by atoms with Gasteiger partial charge in [0, 0.05) is 6.04 Å². The number of halogens is 3. The number of alkyl halides is 3. The van der Waals surface area contributed by atoms with Crippen LogP contribution in [0.1, 0.15) is 61.7 Å². The first-order chi connectivity index (χ1) is 12.3. The lowest BCUT2D eigenvalue weighted by Gasteiger charge is -2.19. The second-order valence-electron chi connectivity index (χ2n) is 6.52. The van der Waals surface area contributed by atoms with Crippen molar-refractivity contribution in [2.24, 2.45) is 0 Å². The maximum atomic E-state index is 12.4. The molecule has 0 spiro atoms. The highest BCUT2D eigenvalue weighted by Gasteiger charge is 2.39. The van der Waals surface area contributed by atoms with Gasteiger partial charge in [-0.2, -0.15) is 13.2 Å². The van der Waals surface area contributed by atoms with Gasteiger partial charge in [-0.3, -0.25) is 9.59 Å². The first kappa shape index (κ1) is 20.1. The average molecular weight is 372 g/mol. The van der Waals surface area contributed by atoms with Crippen molar-refractivity contribution >= 4 is 17.5 Å². The largest absolute Gasteiger partial charge is 0.505 e. The summed E-state index contributed by atoms with van der Waals surface area (Å²) in [4.78, 5) is 23.5. The third kappa shape index (κ3) is 5.64. The minimum absolute atomic E-state index is 0.0339. The van der Waals surface area contributed by atoms with E-state index in [1.807, 2.05) is 0 Å². The number of amides is 2. The van der Waals surface area contributed by atoms with Gasteiger partial charge in [0.25, 0.3) is 5.91 Å². The lowest BCUT2D eigenvalue weighted by molar-refractivity contribution is -0.167. The number of anilines is 1. The van der Waals surface area contributed by atoms with Crippen molar-refractivity contribution in [3.8, 4) is 5.75 Å². The number of hydrogen-bond donors (Lipinski definition) is 3. The first-order valence-corrected chi connectivity index (χ1v) is 8.80. The lowest BCUT2D eigenvalue weighted by Crippen LogP contribution is -2.35. The van der Waals surface area contributed by atoms with E-state index in [-0.39, 0.29) is 11.6 Å². The second-order valence-corrected chi connectivity index (χ2v) is 6.52. The Bertz CT molecular complexity index is 637. The van der Waals surface area contributed by atoms with Gasteiger partial charge >= 0.3 is 12.1 Å². The van der Waals surface area contributed by atoms with Crippen LogP contribution in [-0.2, 0) is 4.79 Å². The highest BCUT2D eigenvalue weighted by atomic mass is 19.4. The molecular weight excluding hydrogens is 349 g/mol. The Hall–Kier alpha value is -2.25. The molecule has 0 atom stereocenters. The van der Waals surface area contributed by atoms with E-state index in [2.05, 4.69) is 5.32 Å². The molecule has 2 rings (SSSR count). The Morgan fingerprint density at radius 3 is 2.15 bits per heavy atom. The van der Waals surface area contributed by atoms with E-state index in [9.17, 15) is 27.9 Å². The van der Waals surface area contributed by atoms with Crippen LogP contribution in [0.4, 0.5) is 18.9 Å². The highest BCUT2D eigenvalue weighted by molar-refractivity contribution is 6.02. The SMILES string of the molecule is O=C(NC1CCCCCCCC1)c1cccc(NC(=O)C(F)(F)F)c1O. The van der Waals surface area contributed by atoms with Crippen LogP contribution >= 0.6 is 0 Å². The number of carbonyl (C=O) groups excluding carboxylic acids is 2. The number of aromatic hydroxyl groups is 1. The first-order valence-electron chi connectivity index (χ1n) is 8.80. The molecule has 0 saturated heterocycles. The van der Waals surface area contributed by atoms with E-state index in [4.69, 9.17) is 0 Å². The quantitative estimate of drug-likeness (QED) is 0.698. The third-order valence-corrected chi connectivity index (χ3v) is 4.48. The Morgan fingerprint density at radius 1 is 1.00 bits per heavy atom. The molecule has 1 aliphatic carbocycles. The summed E-state index contributed by atoms with van der Waals surface area (Å²) in [7, 11) is 0. The summed E-state index contributed by atoms with van der Waals surface area (Å²) in [5, 5.41) is 14.5. The van der Waals surface area contributed by atoms with Gasteiger partial charge in [-0.05, 0) is 25.0 Å². The molecule has 2 amide bonds. The Balaban J connectivity index is 2.08. The number of rotatable bonds is 3. The summed E-state index contributed by atoms with van der Waals surface area (Å²) in [5.41, 5.74) is -0.612. The average Bonchev–Trinajstić information content (AvgIpc) is 2.69. The molecule has 0 unspecified atom stereocenters. The fourth-order valence-corrected chi connectivity index (χ4v) is 3.06. The van der Waals surface area contributed by atoms with Gasteiger partial charge in [-0.15, -0.1) is 0 Å². The molecule has 1 fully saturated rings. The summed E-state index contributed by atoms with van der Waals surface area (Å²) in [6, 6.07) is 3.69. The van der Waals surface area contributed by atoms with Gasteiger partial charge < -0.3 is 15.7 Å². The third-order valence-electron chi connectivity index (χ3n) is 4.48. The predicted octanol–water partition coefficient (Wildman–Crippen LogP) is 4.13. The van der Waals surface area contributed by atoms with Crippen molar-refractivity contribution in [2.75, 3.05) is 5.32 Å². The van der Waals surface area contributed by atoms with Crippen molar-refractivity contribution in [2.45, 2.75) is 63.6 Å². The standard InChI is InChI=1S/C18H23F3N2O3/c19-18(20,21)17(26)23-14-11-7-10-13(15(14)24)16(25)22-12-8-5-3-1-2-4-6-9-12/h7,10-12,24H,1-6,8-9H2,(H,22,25)(H,23,26). The zero-order chi connectivity index (χ0) is 19.2. The molecule has 0 bridgehead atoms. The molecule has 1 aromatic rings. The molecule has 0 aromatic heterocycles. The van der Waals surface area contributed by atoms with Crippen molar-refractivity contribution in [3.63, 3.8) is 0 Å². The zero-order valence-corrected chi connectivity index (χ0v) is 14.4. The van der Waals surface area contributed by atoms with Crippen LogP contribution in [0.25, 0.3) is 0 Å². The van der Waals surface area contributed by atoms with Gasteiger partial charge in [-0.25, -0.2) is 0 Å². The fourth-order valence-electron chi connectivity index (χ4n) is 3.06. The summed E-state index contributed by atoms with van der Waals surface area (Å²) in [6.07, 6.45) is 3.16. The summed E-state index contributed by atoms with van der Waals surface area (Å²) in [6.45, 7) is 0. The maximum absolute atomic E-state index is 12.4. The molecule has 0 aliphatic heterocycles. The van der Waals surface area contributed by atoms with Crippen LogP contribution in [0, 0.1) is 0 Å². The normalized spacial score (nSPS) is 16.9. The van der Waals surface area contributed by atoms with Crippen molar-refractivity contribution in [1.82, 2.24) is 5.32 Å². The van der Waals surface area contributed by atoms with Gasteiger partial charge in [0.05, 0.1) is 11.3 Å². The molecule has 1 aromatic carbocycles. The van der Waals surface area contributed by atoms with Crippen molar-refractivity contribution in [1.29, 1.82) is 0 Å². The molecular formula is C18H23F3N2O3. The number of phenolic OH excluding ortho intramolecular Hbond substituents is 1. The van der Waals surface area contributed by atoms with Crippen LogP contribution < -0.4 is 10.6 Å². The molecule has 0 heterocycles. The Morgan fingerprint density at radius 2 is 1.58 bits per heavy atom. The Labute approximate surface area is 150 Å². The van der Waals surface area contributed by atoms with E-state index < -0.39 is 29.4 Å². The van der Waals surface area contributed by atoms with Crippen molar-refractivity contribution < 1.29 is 27.9 Å². The molecule has 1 saturated carbocycles. The van der Waals surface area contributed by atoms with Crippen molar-refractivity contribution in [3.05, 3.63) is 23.8 Å². The maximum Gasteiger partial charge on any atom is 0.471 e. The van der Waals surface area contributed by atoms with E-state index >= 15 is 0 Å². The monoisotopic (exact) mass is 372 g/mol. The van der Waals surface area contributed by atoms with E-state index in [1.54, 1.807) is 5.32 Å². The summed E-state index contributed by atoms with van der Waals surface area (Å²) in [5.74, 6) is -3.44. The fraction of sp³-hybridized carbons (Fsp3) is 0.556. The zero-order valence-electron chi connectivity index (χ0n) is 14.4. The topological polar surface area (TPSA) is 78.4 Å². The molecule has 0 radical (unpaired) electrons. The van der Waals surface area contributed by atoms with Crippen LogP contribution in [0.15, 0.2) is 18.2 Å². The molecule has 3 N–H and O–H groups in total. The number of benzene rings is 1. The lowest BCUT2D eigenvalue weighted by atomic mass is 10.0. The molecule has 8 heteroatoms. The number of nitrogens with one attached hydrogen (secondary N) is 2. The van der Waals surface area contributed by atoms with Crippen LogP contribution in [0.5, 0.6) is 5.75 Å². The smallest absolute Gasteiger partial charge is 0.471 e. The van der Waals surface area contributed by atoms with E-state index in [0.717, 1.165) is 44.6 Å². The summed E-state index contributed by atoms with van der Waals surface area (Å²) >= 11 is 0. The van der Waals surface area contributed by atoms with E-state index in [1.165, 1.54) is 25.0 Å². The second kappa shape index (κ2) is 8.91. The number of para-hydroxylation sites is 1. The van der Waals surface area contributed by atoms with Gasteiger partial charge in [-0.1, -0.05) is 44.6 Å². The van der Waals surface area contributed by atoms with Gasteiger partial charge in [0.15, 0.2) is 5.75 Å². The minimum Gasteiger partial charge on any atom is -0.505 e. The summed E-state index contributed by atoms with van der Waals surface area (Å²) < 4.78 is 37.1. The molecule has 144 valence electrons. The predicted molar refractivity (Wildman–Crippen MR) is 91.0 cm³/mol. The minimum atomic E-state index is -5.08. The van der Waals surface area contributed by atoms with Crippen LogP contribution in [-0.4, -0.2) is 29.1 Å². The van der Waals surface area contributed by atoms with Gasteiger partial charge in [0.2, 0.25) is 0 Å². The number of hydrogen-bond acceptors (Lipinski definition) is 3. The van der Waals surface area contributed by atoms with E-state index in [0.29, 0.717) is 0 Å². The molecule has 5 nitrogen and oxygen atoms in total. The molecule has 1 aliphatic rings. The Kier molecular flexibility index (Phi) is 6.88. The van der Waals surface area contributed by atoms with Crippen LogP contribution in [0.3, 0.4) is 0 Å².